The van der Waals surface area contributed by atoms with Crippen molar-refractivity contribution in [2.75, 3.05) is 20.3 Å². The van der Waals surface area contributed by atoms with Gasteiger partial charge in [0.05, 0.1) is 6.61 Å². The van der Waals surface area contributed by atoms with Crippen LogP contribution in [0.5, 0.6) is 0 Å². The Morgan fingerprint density at radius 2 is 1.78 bits per heavy atom. The predicted molar refractivity (Wildman–Crippen MR) is 73.6 cm³/mol. The summed E-state index contributed by atoms with van der Waals surface area (Å²) in [5.41, 5.74) is 3.38. The van der Waals surface area contributed by atoms with Gasteiger partial charge in [0, 0.05) is 43.6 Å². The number of nitrogens with one attached hydrogen (secondary N) is 1. The molecule has 0 aliphatic heterocycles. The average Bonchev–Trinajstić information content (AvgIpc) is 2.26. The molecule has 4 heteroatoms. The second kappa shape index (κ2) is 7.44. The van der Waals surface area contributed by atoms with Gasteiger partial charge in [-0.2, -0.15) is 0 Å². The Balaban J connectivity index is 2.68. The van der Waals surface area contributed by atoms with Gasteiger partial charge in [-0.25, -0.2) is 9.97 Å². The average molecular weight is 251 g/mol. The molecule has 1 aromatic heterocycles. The summed E-state index contributed by atoms with van der Waals surface area (Å²) in [6.07, 6.45) is 0.944. The molecule has 0 aliphatic carbocycles. The fourth-order valence-corrected chi connectivity index (χ4v) is 1.91. The highest BCUT2D eigenvalue weighted by molar-refractivity contribution is 5.24. The fourth-order valence-electron chi connectivity index (χ4n) is 1.91. The van der Waals surface area contributed by atoms with Gasteiger partial charge in [-0.3, -0.25) is 0 Å². The molecule has 4 nitrogen and oxygen atoms in total. The molecule has 102 valence electrons. The van der Waals surface area contributed by atoms with Crippen LogP contribution in [-0.2, 0) is 17.7 Å². The van der Waals surface area contributed by atoms with Crippen LogP contribution in [0.25, 0.3) is 0 Å². The summed E-state index contributed by atoms with van der Waals surface area (Å²) >= 11 is 0. The van der Waals surface area contributed by atoms with Crippen molar-refractivity contribution >= 4 is 0 Å². The molecule has 1 heterocycles. The summed E-state index contributed by atoms with van der Waals surface area (Å²) in [6.45, 7) is 10.9. The number of nitrogens with zero attached hydrogens (tertiary/aromatic N) is 2. The number of methoxy groups -OCH3 is 1. The van der Waals surface area contributed by atoms with E-state index in [1.807, 2.05) is 0 Å². The smallest absolute Gasteiger partial charge is 0.129 e. The van der Waals surface area contributed by atoms with Gasteiger partial charge in [-0.05, 0) is 19.8 Å². The second-order valence-electron chi connectivity index (χ2n) is 5.06. The maximum absolute atomic E-state index is 5.01. The molecule has 0 atom stereocenters. The molecule has 1 rings (SSSR count). The summed E-state index contributed by atoms with van der Waals surface area (Å²) in [7, 11) is 1.71. The molecule has 0 unspecified atom stereocenters. The van der Waals surface area contributed by atoms with Gasteiger partial charge in [0.15, 0.2) is 0 Å². The lowest BCUT2D eigenvalue weighted by Gasteiger charge is -2.12. The highest BCUT2D eigenvalue weighted by atomic mass is 16.5. The van der Waals surface area contributed by atoms with Crippen LogP contribution < -0.4 is 5.32 Å². The standard InChI is InChI=1S/C14H25N3O/c1-10(2)8-14-16-11(3)13(12(4)17-14)9-15-6-7-18-5/h10,15H,6-9H2,1-5H3. The summed E-state index contributed by atoms with van der Waals surface area (Å²) in [5, 5.41) is 3.34. The van der Waals surface area contributed by atoms with Gasteiger partial charge >= 0.3 is 0 Å². The van der Waals surface area contributed by atoms with Crippen molar-refractivity contribution in [3.8, 4) is 0 Å². The van der Waals surface area contributed by atoms with Gasteiger partial charge in [-0.1, -0.05) is 13.8 Å². The molecular formula is C14H25N3O. The van der Waals surface area contributed by atoms with E-state index < -0.39 is 0 Å². The van der Waals surface area contributed by atoms with Crippen molar-refractivity contribution in [3.05, 3.63) is 22.8 Å². The van der Waals surface area contributed by atoms with E-state index in [0.29, 0.717) is 5.92 Å². The van der Waals surface area contributed by atoms with E-state index in [4.69, 9.17) is 4.74 Å². The molecule has 18 heavy (non-hydrogen) atoms. The first-order valence-corrected chi connectivity index (χ1v) is 6.57. The van der Waals surface area contributed by atoms with Gasteiger partial charge in [0.1, 0.15) is 5.82 Å². The first kappa shape index (κ1) is 15.1. The maximum atomic E-state index is 5.01. The summed E-state index contributed by atoms with van der Waals surface area (Å²) < 4.78 is 5.01. The minimum absolute atomic E-state index is 0.592. The number of rotatable bonds is 7. The zero-order valence-corrected chi connectivity index (χ0v) is 12.2. The SMILES string of the molecule is COCCNCc1c(C)nc(CC(C)C)nc1C. The monoisotopic (exact) mass is 251 g/mol. The van der Waals surface area contributed by atoms with Gasteiger partial charge in [0.2, 0.25) is 0 Å². The maximum Gasteiger partial charge on any atom is 0.129 e. The van der Waals surface area contributed by atoms with Gasteiger partial charge in [0.25, 0.3) is 0 Å². The van der Waals surface area contributed by atoms with E-state index in [9.17, 15) is 0 Å². The second-order valence-corrected chi connectivity index (χ2v) is 5.06. The van der Waals surface area contributed by atoms with Crippen LogP contribution in [0.2, 0.25) is 0 Å². The number of aryl methyl sites for hydroxylation is 2. The Labute approximate surface area is 110 Å². The van der Waals surface area contributed by atoms with E-state index in [2.05, 4.69) is 43.0 Å². The van der Waals surface area contributed by atoms with Crippen LogP contribution >= 0.6 is 0 Å². The summed E-state index contributed by atoms with van der Waals surface area (Å²) in [4.78, 5) is 9.18. The van der Waals surface area contributed by atoms with Crippen molar-refractivity contribution in [2.24, 2.45) is 5.92 Å². The lowest BCUT2D eigenvalue weighted by atomic mass is 10.1. The van der Waals surface area contributed by atoms with Crippen LogP contribution in [0.4, 0.5) is 0 Å². The molecule has 0 saturated heterocycles. The highest BCUT2D eigenvalue weighted by Crippen LogP contribution is 2.12. The van der Waals surface area contributed by atoms with Crippen molar-refractivity contribution < 1.29 is 4.74 Å². The Bertz CT molecular complexity index is 354. The van der Waals surface area contributed by atoms with Gasteiger partial charge < -0.3 is 10.1 Å². The summed E-state index contributed by atoms with van der Waals surface area (Å²) in [5.74, 6) is 1.55. The Hall–Kier alpha value is -1.00. The lowest BCUT2D eigenvalue weighted by Crippen LogP contribution is -2.21. The van der Waals surface area contributed by atoms with E-state index in [0.717, 1.165) is 43.3 Å². The molecule has 0 amide bonds. The minimum Gasteiger partial charge on any atom is -0.383 e. The Morgan fingerprint density at radius 3 is 2.28 bits per heavy atom. The zero-order valence-electron chi connectivity index (χ0n) is 12.2. The molecule has 1 aromatic rings. The fraction of sp³-hybridized carbons (Fsp3) is 0.714. The molecular weight excluding hydrogens is 226 g/mol. The lowest BCUT2D eigenvalue weighted by molar-refractivity contribution is 0.199. The van der Waals surface area contributed by atoms with E-state index in [1.54, 1.807) is 7.11 Å². The third kappa shape index (κ3) is 4.70. The first-order chi connectivity index (χ1) is 8.54. The quantitative estimate of drug-likeness (QED) is 0.753. The Morgan fingerprint density at radius 1 is 1.17 bits per heavy atom. The molecule has 0 aromatic carbocycles. The van der Waals surface area contributed by atoms with Crippen LogP contribution in [0, 0.1) is 19.8 Å². The number of hydrogen-bond donors (Lipinski definition) is 1. The van der Waals surface area contributed by atoms with Crippen molar-refractivity contribution in [1.29, 1.82) is 0 Å². The molecule has 0 fully saturated rings. The molecule has 1 N–H and O–H groups in total. The minimum atomic E-state index is 0.592. The van der Waals surface area contributed by atoms with Crippen LogP contribution in [0.3, 0.4) is 0 Å². The Kier molecular flexibility index (Phi) is 6.22. The topological polar surface area (TPSA) is 47.0 Å². The third-order valence-electron chi connectivity index (χ3n) is 2.84. The zero-order chi connectivity index (χ0) is 13.5. The van der Waals surface area contributed by atoms with Crippen LogP contribution in [0.15, 0.2) is 0 Å². The van der Waals surface area contributed by atoms with Crippen molar-refractivity contribution in [2.45, 2.75) is 40.7 Å². The van der Waals surface area contributed by atoms with E-state index >= 15 is 0 Å². The first-order valence-electron chi connectivity index (χ1n) is 6.57. The van der Waals surface area contributed by atoms with Crippen LogP contribution in [-0.4, -0.2) is 30.2 Å². The normalized spacial score (nSPS) is 11.2. The van der Waals surface area contributed by atoms with Crippen molar-refractivity contribution in [1.82, 2.24) is 15.3 Å². The van der Waals surface area contributed by atoms with Crippen molar-refractivity contribution in [3.63, 3.8) is 0 Å². The van der Waals surface area contributed by atoms with E-state index in [-0.39, 0.29) is 0 Å². The molecule has 0 spiro atoms. The number of ether oxygens (including phenoxy) is 1. The van der Waals surface area contributed by atoms with Gasteiger partial charge in [-0.15, -0.1) is 0 Å². The molecule has 0 saturated carbocycles. The van der Waals surface area contributed by atoms with E-state index in [1.165, 1.54) is 5.56 Å². The van der Waals surface area contributed by atoms with Crippen LogP contribution in [0.1, 0.15) is 36.6 Å². The highest BCUT2D eigenvalue weighted by Gasteiger charge is 2.09. The molecule has 0 radical (unpaired) electrons. The number of hydrogen-bond acceptors (Lipinski definition) is 4. The molecule has 0 aliphatic rings. The summed E-state index contributed by atoms with van der Waals surface area (Å²) in [6, 6.07) is 0. The third-order valence-corrected chi connectivity index (χ3v) is 2.84. The predicted octanol–water partition coefficient (Wildman–Crippen LogP) is 2.03. The largest absolute Gasteiger partial charge is 0.383 e. The molecule has 0 bridgehead atoms. The number of aromatic nitrogens is 2.